The number of ether oxygens (including phenoxy) is 2. The Bertz CT molecular complexity index is 439. The minimum Gasteiger partial charge on any atom is -0.356 e. The van der Waals surface area contributed by atoms with Gasteiger partial charge in [0.25, 0.3) is 0 Å². The highest BCUT2D eigenvalue weighted by atomic mass is 127. The molecule has 106 valence electrons. The Hall–Kier alpha value is -0.240. The lowest BCUT2D eigenvalue weighted by Crippen LogP contribution is -2.11. The highest BCUT2D eigenvalue weighted by Crippen LogP contribution is 2.21. The van der Waals surface area contributed by atoms with Crippen molar-refractivity contribution in [3.63, 3.8) is 0 Å². The number of aryl methyl sites for hydroxylation is 1. The van der Waals surface area contributed by atoms with E-state index >= 15 is 0 Å². The van der Waals surface area contributed by atoms with Crippen LogP contribution in [-0.2, 0) is 20.3 Å². The highest BCUT2D eigenvalue weighted by Gasteiger charge is 2.08. The summed E-state index contributed by atoms with van der Waals surface area (Å²) in [7, 11) is 2.15. The third-order valence-corrected chi connectivity index (χ3v) is 5.51. The lowest BCUT2D eigenvalue weighted by atomic mass is 10.2. The first kappa shape index (κ1) is 16.8. The van der Waals surface area contributed by atoms with Gasteiger partial charge in [0.1, 0.15) is 0 Å². The molecule has 0 aliphatic heterocycles. The maximum absolute atomic E-state index is 12.2. The molecule has 0 bridgehead atoms. The largest absolute Gasteiger partial charge is 0.356 e. The van der Waals surface area contributed by atoms with Gasteiger partial charge in [0.15, 0.2) is 6.29 Å². The summed E-state index contributed by atoms with van der Waals surface area (Å²) in [5.74, 6) is 0. The molecule has 0 aromatic heterocycles. The topological polar surface area (TPSA) is 35.5 Å². The summed E-state index contributed by atoms with van der Waals surface area (Å²) in [6, 6.07) is 7.77. The van der Waals surface area contributed by atoms with Crippen LogP contribution in [0.4, 0.5) is 0 Å². The van der Waals surface area contributed by atoms with Crippen molar-refractivity contribution >= 4 is 33.4 Å². The van der Waals surface area contributed by atoms with E-state index in [2.05, 4.69) is 22.6 Å². The van der Waals surface area contributed by atoms with Gasteiger partial charge in [-0.3, -0.25) is 0 Å². The third-order valence-electron chi connectivity index (χ3n) is 2.65. The van der Waals surface area contributed by atoms with Gasteiger partial charge in [-0.15, -0.1) is 0 Å². The van der Waals surface area contributed by atoms with Gasteiger partial charge in [-0.2, -0.15) is 0 Å². The summed E-state index contributed by atoms with van der Waals surface area (Å²) in [5, 5.41) is 0. The molecule has 0 saturated heterocycles. The summed E-state index contributed by atoms with van der Waals surface area (Å²) in [4.78, 5) is 0.835. The maximum atomic E-state index is 12.2. The Balaban J connectivity index is 2.59. The molecule has 0 fully saturated rings. The maximum Gasteiger partial charge on any atom is 0.157 e. The summed E-state index contributed by atoms with van der Waals surface area (Å²) < 4.78 is 23.3. The van der Waals surface area contributed by atoms with Crippen molar-refractivity contribution in [2.24, 2.45) is 0 Å². The average Bonchev–Trinajstić information content (AvgIpc) is 2.43. The van der Waals surface area contributed by atoms with E-state index in [1.165, 1.54) is 5.56 Å². The van der Waals surface area contributed by atoms with Crippen LogP contribution in [0, 0.1) is 6.92 Å². The molecule has 3 nitrogen and oxygen atoms in total. The smallest absolute Gasteiger partial charge is 0.157 e. The zero-order chi connectivity index (χ0) is 14.3. The van der Waals surface area contributed by atoms with E-state index in [1.54, 1.807) is 14.2 Å². The minimum atomic E-state index is -1.09. The van der Waals surface area contributed by atoms with Gasteiger partial charge in [0.2, 0.25) is 0 Å². The lowest BCUT2D eigenvalue weighted by Gasteiger charge is -2.11. The van der Waals surface area contributed by atoms with Crippen LogP contribution >= 0.6 is 22.6 Å². The fourth-order valence-corrected chi connectivity index (χ4v) is 3.47. The molecule has 0 radical (unpaired) electrons. The normalized spacial score (nSPS) is 13.8. The molecule has 1 aromatic rings. The van der Waals surface area contributed by atoms with Crippen LogP contribution in [0.25, 0.3) is 0 Å². The van der Waals surface area contributed by atoms with Crippen molar-refractivity contribution in [3.8, 4) is 0 Å². The van der Waals surface area contributed by atoms with Crippen LogP contribution < -0.4 is 0 Å². The molecule has 0 saturated carbocycles. The van der Waals surface area contributed by atoms with Gasteiger partial charge in [0, 0.05) is 25.5 Å². The van der Waals surface area contributed by atoms with Gasteiger partial charge >= 0.3 is 0 Å². The fourth-order valence-electron chi connectivity index (χ4n) is 1.51. The van der Waals surface area contributed by atoms with Gasteiger partial charge in [0.05, 0.1) is 13.7 Å². The molecule has 1 unspecified atom stereocenters. The summed E-state index contributed by atoms with van der Waals surface area (Å²) in [5.41, 5.74) is 1.17. The van der Waals surface area contributed by atoms with Crippen LogP contribution in [0.1, 0.15) is 18.4 Å². The first-order valence-electron chi connectivity index (χ1n) is 5.98. The Morgan fingerprint density at radius 3 is 2.42 bits per heavy atom. The Morgan fingerprint density at radius 2 is 1.89 bits per heavy atom. The monoisotopic (exact) mass is 394 g/mol. The standard InChI is InChI=1S/C14H19IO3S/c1-11-7-9-12(10-8-11)19(16)13(15)5-4-6-14(17-2)18-3/h5,7-10,14H,4,6H2,1-3H3/b13-5+. The van der Waals surface area contributed by atoms with Crippen molar-refractivity contribution in [1.29, 1.82) is 0 Å². The van der Waals surface area contributed by atoms with Crippen LogP contribution in [0.15, 0.2) is 38.1 Å². The predicted octanol–water partition coefficient (Wildman–Crippen LogP) is 3.78. The molecule has 1 atom stereocenters. The number of benzene rings is 1. The Kier molecular flexibility index (Phi) is 7.82. The Labute approximate surface area is 131 Å². The number of hydrogen-bond donors (Lipinski definition) is 0. The molecule has 19 heavy (non-hydrogen) atoms. The fraction of sp³-hybridized carbons (Fsp3) is 0.429. The van der Waals surface area contributed by atoms with Gasteiger partial charge in [-0.25, -0.2) is 4.21 Å². The number of hydrogen-bond acceptors (Lipinski definition) is 3. The van der Waals surface area contributed by atoms with Crippen molar-refractivity contribution in [3.05, 3.63) is 38.8 Å². The molecular weight excluding hydrogens is 375 g/mol. The van der Waals surface area contributed by atoms with Crippen LogP contribution in [0.2, 0.25) is 0 Å². The molecule has 0 heterocycles. The predicted molar refractivity (Wildman–Crippen MR) is 86.7 cm³/mol. The number of methoxy groups -OCH3 is 2. The van der Waals surface area contributed by atoms with E-state index < -0.39 is 10.8 Å². The average molecular weight is 394 g/mol. The second kappa shape index (κ2) is 8.84. The molecule has 0 spiro atoms. The first-order valence-corrected chi connectivity index (χ1v) is 8.21. The molecule has 5 heteroatoms. The second-order valence-electron chi connectivity index (χ2n) is 4.07. The summed E-state index contributed by atoms with van der Waals surface area (Å²) >= 11 is 2.13. The zero-order valence-corrected chi connectivity index (χ0v) is 14.4. The molecule has 1 rings (SSSR count). The molecule has 0 aliphatic rings. The molecule has 0 amide bonds. The van der Waals surface area contributed by atoms with Crippen molar-refractivity contribution in [2.75, 3.05) is 14.2 Å². The minimum absolute atomic E-state index is 0.201. The van der Waals surface area contributed by atoms with E-state index in [0.29, 0.717) is 0 Å². The first-order chi connectivity index (χ1) is 9.08. The SMILES string of the molecule is COC(CC/C=C(\I)S(=O)c1ccc(C)cc1)OC. The summed E-state index contributed by atoms with van der Waals surface area (Å²) in [6.07, 6.45) is 3.31. The third kappa shape index (κ3) is 5.72. The van der Waals surface area contributed by atoms with Crippen molar-refractivity contribution < 1.29 is 13.7 Å². The van der Waals surface area contributed by atoms with Gasteiger partial charge < -0.3 is 9.47 Å². The van der Waals surface area contributed by atoms with Crippen LogP contribution in [0.5, 0.6) is 0 Å². The van der Waals surface area contributed by atoms with E-state index in [9.17, 15) is 4.21 Å². The Morgan fingerprint density at radius 1 is 1.32 bits per heavy atom. The van der Waals surface area contributed by atoms with Crippen LogP contribution in [-0.4, -0.2) is 24.7 Å². The lowest BCUT2D eigenvalue weighted by molar-refractivity contribution is -0.105. The number of halogens is 1. The van der Waals surface area contributed by atoms with Crippen LogP contribution in [0.3, 0.4) is 0 Å². The van der Waals surface area contributed by atoms with Gasteiger partial charge in [-0.05, 0) is 48.1 Å². The van der Waals surface area contributed by atoms with E-state index in [-0.39, 0.29) is 6.29 Å². The van der Waals surface area contributed by atoms with E-state index in [0.717, 1.165) is 20.6 Å². The number of allylic oxidation sites excluding steroid dienone is 1. The van der Waals surface area contributed by atoms with E-state index in [1.807, 2.05) is 37.3 Å². The van der Waals surface area contributed by atoms with E-state index in [4.69, 9.17) is 9.47 Å². The summed E-state index contributed by atoms with van der Waals surface area (Å²) in [6.45, 7) is 2.02. The van der Waals surface area contributed by atoms with Crippen molar-refractivity contribution in [2.45, 2.75) is 31.0 Å². The molecule has 1 aromatic carbocycles. The molecular formula is C14H19IO3S. The number of rotatable bonds is 7. The molecule has 0 aliphatic carbocycles. The zero-order valence-electron chi connectivity index (χ0n) is 11.4. The molecule has 0 N–H and O–H groups in total. The van der Waals surface area contributed by atoms with Gasteiger partial charge in [-0.1, -0.05) is 23.8 Å². The quantitative estimate of drug-likeness (QED) is 0.522. The highest BCUT2D eigenvalue weighted by molar-refractivity contribution is 14.1. The second-order valence-corrected chi connectivity index (χ2v) is 7.41. The van der Waals surface area contributed by atoms with Crippen molar-refractivity contribution in [1.82, 2.24) is 0 Å².